The van der Waals surface area contributed by atoms with Crippen LogP contribution in [0.4, 0.5) is 14.5 Å². The lowest BCUT2D eigenvalue weighted by Crippen LogP contribution is -2.39. The minimum Gasteiger partial charge on any atom is -0.381 e. The highest BCUT2D eigenvalue weighted by atomic mass is 19.1. The van der Waals surface area contributed by atoms with Crippen LogP contribution >= 0.6 is 0 Å². The Balaban J connectivity index is 2.02. The Kier molecular flexibility index (Phi) is 3.39. The number of nitrogens with one attached hydrogen (secondary N) is 1. The molecule has 16 heavy (non-hydrogen) atoms. The van der Waals surface area contributed by atoms with Gasteiger partial charge in [0.2, 0.25) is 0 Å². The van der Waals surface area contributed by atoms with E-state index in [2.05, 4.69) is 17.3 Å². The van der Waals surface area contributed by atoms with E-state index in [0.717, 1.165) is 32.0 Å². The Morgan fingerprint density at radius 3 is 2.56 bits per heavy atom. The number of nitrogens with zero attached hydrogens (tertiary/aromatic N) is 1. The summed E-state index contributed by atoms with van der Waals surface area (Å²) >= 11 is 0. The number of hydrogen-bond donors (Lipinski definition) is 1. The van der Waals surface area contributed by atoms with Crippen molar-refractivity contribution < 1.29 is 8.78 Å². The lowest BCUT2D eigenvalue weighted by molar-refractivity contribution is 0.261. The third kappa shape index (κ3) is 2.92. The van der Waals surface area contributed by atoms with Gasteiger partial charge in [0.25, 0.3) is 0 Å². The van der Waals surface area contributed by atoms with Crippen molar-refractivity contribution in [2.24, 2.45) is 0 Å². The van der Waals surface area contributed by atoms with Gasteiger partial charge in [-0.15, -0.1) is 0 Å². The molecule has 88 valence electrons. The number of likely N-dealkylation sites (N-methyl/N-ethyl adjacent to an activating group) is 1. The Morgan fingerprint density at radius 2 is 1.94 bits per heavy atom. The molecule has 2 rings (SSSR count). The predicted octanol–water partition coefficient (Wildman–Crippen LogP) is 2.47. The number of likely N-dealkylation sites (tertiary alicyclic amines) is 1. The third-order valence-corrected chi connectivity index (χ3v) is 2.86. The summed E-state index contributed by atoms with van der Waals surface area (Å²) < 4.78 is 25.9. The zero-order chi connectivity index (χ0) is 11.5. The van der Waals surface area contributed by atoms with Gasteiger partial charge in [-0.2, -0.15) is 0 Å². The highest BCUT2D eigenvalue weighted by Gasteiger charge is 2.17. The van der Waals surface area contributed by atoms with Crippen molar-refractivity contribution in [3.8, 4) is 0 Å². The SMILES string of the molecule is CN1CCCC(Nc2cc(F)cc(F)c2)C1. The Morgan fingerprint density at radius 1 is 1.25 bits per heavy atom. The highest BCUT2D eigenvalue weighted by molar-refractivity contribution is 5.44. The van der Waals surface area contributed by atoms with Gasteiger partial charge in [-0.25, -0.2) is 8.78 Å². The molecule has 0 spiro atoms. The molecule has 0 bridgehead atoms. The third-order valence-electron chi connectivity index (χ3n) is 2.86. The summed E-state index contributed by atoms with van der Waals surface area (Å²) in [5, 5.41) is 3.17. The van der Waals surface area contributed by atoms with Crippen molar-refractivity contribution in [1.82, 2.24) is 4.90 Å². The maximum Gasteiger partial charge on any atom is 0.128 e. The van der Waals surface area contributed by atoms with Crippen LogP contribution in [0.25, 0.3) is 0 Å². The normalized spacial score (nSPS) is 22.1. The summed E-state index contributed by atoms with van der Waals surface area (Å²) in [7, 11) is 2.06. The monoisotopic (exact) mass is 226 g/mol. The summed E-state index contributed by atoms with van der Waals surface area (Å²) in [5.74, 6) is -1.07. The predicted molar refractivity (Wildman–Crippen MR) is 60.5 cm³/mol. The lowest BCUT2D eigenvalue weighted by atomic mass is 10.1. The van der Waals surface area contributed by atoms with Gasteiger partial charge in [0.05, 0.1) is 0 Å². The van der Waals surface area contributed by atoms with Crippen LogP contribution in [0.3, 0.4) is 0 Å². The van der Waals surface area contributed by atoms with E-state index >= 15 is 0 Å². The summed E-state index contributed by atoms with van der Waals surface area (Å²) in [6.07, 6.45) is 2.16. The standard InChI is InChI=1S/C12H16F2N2/c1-16-4-2-3-11(8-16)15-12-6-9(13)5-10(14)7-12/h5-7,11,15H,2-4,8H2,1H3. The molecule has 1 saturated heterocycles. The number of halogens is 2. The molecule has 4 heteroatoms. The molecular weight excluding hydrogens is 210 g/mol. The average Bonchev–Trinajstić information content (AvgIpc) is 2.15. The molecule has 1 aliphatic heterocycles. The molecule has 1 fully saturated rings. The number of anilines is 1. The van der Waals surface area contributed by atoms with E-state index in [0.29, 0.717) is 5.69 Å². The highest BCUT2D eigenvalue weighted by Crippen LogP contribution is 2.17. The van der Waals surface area contributed by atoms with Gasteiger partial charge in [-0.1, -0.05) is 0 Å². The van der Waals surface area contributed by atoms with Crippen LogP contribution in [0.15, 0.2) is 18.2 Å². The van der Waals surface area contributed by atoms with Crippen molar-refractivity contribution in [1.29, 1.82) is 0 Å². The second-order valence-corrected chi connectivity index (χ2v) is 4.40. The smallest absolute Gasteiger partial charge is 0.128 e. The number of rotatable bonds is 2. The largest absolute Gasteiger partial charge is 0.381 e. The van der Waals surface area contributed by atoms with Crippen LogP contribution in [-0.4, -0.2) is 31.1 Å². The van der Waals surface area contributed by atoms with Crippen LogP contribution in [0.1, 0.15) is 12.8 Å². The quantitative estimate of drug-likeness (QED) is 0.833. The zero-order valence-electron chi connectivity index (χ0n) is 9.34. The van der Waals surface area contributed by atoms with E-state index in [4.69, 9.17) is 0 Å². The van der Waals surface area contributed by atoms with Crippen molar-refractivity contribution >= 4 is 5.69 Å². The molecule has 0 aliphatic carbocycles. The van der Waals surface area contributed by atoms with Crippen LogP contribution in [0.2, 0.25) is 0 Å². The first-order valence-corrected chi connectivity index (χ1v) is 5.54. The average molecular weight is 226 g/mol. The first-order chi connectivity index (χ1) is 7.63. The van der Waals surface area contributed by atoms with E-state index in [9.17, 15) is 8.78 Å². The fourth-order valence-corrected chi connectivity index (χ4v) is 2.16. The number of piperidine rings is 1. The molecule has 0 radical (unpaired) electrons. The summed E-state index contributed by atoms with van der Waals surface area (Å²) in [6.45, 7) is 2.01. The maximum absolute atomic E-state index is 13.0. The minimum atomic E-state index is -0.535. The molecule has 2 nitrogen and oxygen atoms in total. The van der Waals surface area contributed by atoms with E-state index < -0.39 is 11.6 Å². The Bertz CT molecular complexity index is 348. The van der Waals surface area contributed by atoms with Crippen molar-refractivity contribution in [2.45, 2.75) is 18.9 Å². The molecule has 1 aromatic rings. The van der Waals surface area contributed by atoms with Crippen LogP contribution in [0, 0.1) is 11.6 Å². The second kappa shape index (κ2) is 4.78. The van der Waals surface area contributed by atoms with E-state index in [1.165, 1.54) is 12.1 Å². The molecule has 1 atom stereocenters. The molecular formula is C12H16F2N2. The fraction of sp³-hybridized carbons (Fsp3) is 0.500. The summed E-state index contributed by atoms with van der Waals surface area (Å²) in [5.41, 5.74) is 0.526. The molecule has 1 aromatic carbocycles. The van der Waals surface area contributed by atoms with Gasteiger partial charge in [0.1, 0.15) is 11.6 Å². The number of benzene rings is 1. The zero-order valence-corrected chi connectivity index (χ0v) is 9.34. The van der Waals surface area contributed by atoms with Crippen LogP contribution < -0.4 is 5.32 Å². The van der Waals surface area contributed by atoms with Crippen LogP contribution in [-0.2, 0) is 0 Å². The van der Waals surface area contributed by atoms with Gasteiger partial charge >= 0.3 is 0 Å². The molecule has 0 amide bonds. The van der Waals surface area contributed by atoms with Gasteiger partial charge in [0, 0.05) is 24.3 Å². The van der Waals surface area contributed by atoms with Crippen LogP contribution in [0.5, 0.6) is 0 Å². The van der Waals surface area contributed by atoms with E-state index in [1.807, 2.05) is 0 Å². The lowest BCUT2D eigenvalue weighted by Gasteiger charge is -2.30. The van der Waals surface area contributed by atoms with E-state index in [-0.39, 0.29) is 6.04 Å². The minimum absolute atomic E-state index is 0.278. The van der Waals surface area contributed by atoms with Gasteiger partial charge in [-0.05, 0) is 38.6 Å². The van der Waals surface area contributed by atoms with Gasteiger partial charge < -0.3 is 10.2 Å². The molecule has 0 saturated carbocycles. The molecule has 0 aromatic heterocycles. The summed E-state index contributed by atoms with van der Waals surface area (Å²) in [6, 6.07) is 3.83. The van der Waals surface area contributed by atoms with Crippen molar-refractivity contribution in [2.75, 3.05) is 25.5 Å². The maximum atomic E-state index is 13.0. The fourth-order valence-electron chi connectivity index (χ4n) is 2.16. The Hall–Kier alpha value is -1.16. The molecule has 1 heterocycles. The van der Waals surface area contributed by atoms with Crippen molar-refractivity contribution in [3.05, 3.63) is 29.8 Å². The first-order valence-electron chi connectivity index (χ1n) is 5.54. The van der Waals surface area contributed by atoms with Gasteiger partial charge in [-0.3, -0.25) is 0 Å². The van der Waals surface area contributed by atoms with Gasteiger partial charge in [0.15, 0.2) is 0 Å². The topological polar surface area (TPSA) is 15.3 Å². The molecule has 1 N–H and O–H groups in total. The van der Waals surface area contributed by atoms with E-state index in [1.54, 1.807) is 0 Å². The van der Waals surface area contributed by atoms with Crippen molar-refractivity contribution in [3.63, 3.8) is 0 Å². The molecule has 1 aliphatic rings. The second-order valence-electron chi connectivity index (χ2n) is 4.40. The number of hydrogen-bond acceptors (Lipinski definition) is 2. The Labute approximate surface area is 94.3 Å². The first kappa shape index (κ1) is 11.3. The molecule has 1 unspecified atom stereocenters. The summed E-state index contributed by atoms with van der Waals surface area (Å²) in [4.78, 5) is 2.22.